The van der Waals surface area contributed by atoms with Crippen molar-refractivity contribution in [2.45, 2.75) is 20.3 Å². The molecule has 24 heavy (non-hydrogen) atoms. The molecule has 1 saturated heterocycles. The van der Waals surface area contributed by atoms with E-state index < -0.39 is 28.4 Å². The zero-order chi connectivity index (χ0) is 17.7. The molecule has 1 spiro atoms. The van der Waals surface area contributed by atoms with E-state index in [0.29, 0.717) is 6.42 Å². The molecule has 0 saturated carbocycles. The Morgan fingerprint density at radius 1 is 1.29 bits per heavy atom. The van der Waals surface area contributed by atoms with E-state index >= 15 is 0 Å². The molecular formula is C18H16F2N2O2. The van der Waals surface area contributed by atoms with Crippen molar-refractivity contribution in [2.75, 3.05) is 13.1 Å². The van der Waals surface area contributed by atoms with Gasteiger partial charge in [0.25, 0.3) is 5.91 Å². The highest BCUT2D eigenvalue weighted by Gasteiger charge is 2.52. The second kappa shape index (κ2) is 5.23. The zero-order valence-corrected chi connectivity index (χ0v) is 13.4. The van der Waals surface area contributed by atoms with E-state index in [2.05, 4.69) is 0 Å². The number of carbonyl (C=O) groups excluding carboxylic acids is 2. The SMILES string of the molecule is CC1(C)CC2(C=C(C#N)C1=O)CN(C(=O)c1cc(F)ccc1F)C2. The predicted molar refractivity (Wildman–Crippen MR) is 81.8 cm³/mol. The van der Waals surface area contributed by atoms with Crippen LogP contribution in [0.25, 0.3) is 0 Å². The number of nitriles is 1. The van der Waals surface area contributed by atoms with Crippen LogP contribution in [0.2, 0.25) is 0 Å². The predicted octanol–water partition coefficient (Wildman–Crippen LogP) is 2.86. The number of allylic oxidation sites excluding steroid dienone is 1. The quantitative estimate of drug-likeness (QED) is 0.795. The Kier molecular flexibility index (Phi) is 3.56. The van der Waals surface area contributed by atoms with Crippen molar-refractivity contribution in [3.05, 3.63) is 47.0 Å². The van der Waals surface area contributed by atoms with Crippen LogP contribution in [0, 0.1) is 33.8 Å². The molecule has 1 fully saturated rings. The van der Waals surface area contributed by atoms with E-state index in [0.717, 1.165) is 18.2 Å². The Balaban J connectivity index is 1.83. The molecular weight excluding hydrogens is 314 g/mol. The summed E-state index contributed by atoms with van der Waals surface area (Å²) in [6, 6.07) is 4.69. The molecule has 0 atom stereocenters. The molecule has 4 nitrogen and oxygen atoms in total. The number of carbonyl (C=O) groups is 2. The molecule has 0 radical (unpaired) electrons. The molecule has 0 unspecified atom stereocenters. The van der Waals surface area contributed by atoms with Crippen LogP contribution in [0.3, 0.4) is 0 Å². The van der Waals surface area contributed by atoms with E-state index in [-0.39, 0.29) is 30.0 Å². The number of likely N-dealkylation sites (tertiary alicyclic amines) is 1. The first-order chi connectivity index (χ1) is 11.2. The van der Waals surface area contributed by atoms with Crippen molar-refractivity contribution >= 4 is 11.7 Å². The number of halogens is 2. The second-order valence-corrected chi connectivity index (χ2v) is 7.21. The van der Waals surface area contributed by atoms with Gasteiger partial charge in [0.1, 0.15) is 17.7 Å². The maximum absolute atomic E-state index is 13.8. The fraction of sp³-hybridized carbons (Fsp3) is 0.389. The minimum absolute atomic E-state index is 0.107. The highest BCUT2D eigenvalue weighted by Crippen LogP contribution is 2.48. The van der Waals surface area contributed by atoms with Crippen LogP contribution in [0.1, 0.15) is 30.6 Å². The lowest BCUT2D eigenvalue weighted by Gasteiger charge is -2.53. The van der Waals surface area contributed by atoms with Crippen molar-refractivity contribution in [3.63, 3.8) is 0 Å². The van der Waals surface area contributed by atoms with Gasteiger partial charge in [0.05, 0.1) is 11.1 Å². The summed E-state index contributed by atoms with van der Waals surface area (Å²) >= 11 is 0. The lowest BCUT2D eigenvalue weighted by Crippen LogP contribution is -2.61. The lowest BCUT2D eigenvalue weighted by molar-refractivity contribution is -0.127. The second-order valence-electron chi connectivity index (χ2n) is 7.21. The largest absolute Gasteiger partial charge is 0.337 e. The van der Waals surface area contributed by atoms with Gasteiger partial charge in [-0.25, -0.2) is 8.78 Å². The van der Waals surface area contributed by atoms with E-state index in [1.807, 2.05) is 6.07 Å². The minimum atomic E-state index is -0.769. The number of benzene rings is 1. The number of nitrogens with zero attached hydrogens (tertiary/aromatic N) is 2. The first-order valence-electron chi connectivity index (χ1n) is 7.60. The van der Waals surface area contributed by atoms with Crippen LogP contribution in [0.15, 0.2) is 29.8 Å². The molecule has 1 heterocycles. The molecule has 0 aromatic heterocycles. The van der Waals surface area contributed by atoms with Gasteiger partial charge in [0.15, 0.2) is 5.78 Å². The maximum Gasteiger partial charge on any atom is 0.256 e. The number of amides is 1. The van der Waals surface area contributed by atoms with Gasteiger partial charge in [0, 0.05) is 23.9 Å². The Morgan fingerprint density at radius 3 is 2.58 bits per heavy atom. The number of hydrogen-bond donors (Lipinski definition) is 0. The normalized spacial score (nSPS) is 21.0. The Hall–Kier alpha value is -2.55. The van der Waals surface area contributed by atoms with E-state index in [1.165, 1.54) is 4.90 Å². The first-order valence-corrected chi connectivity index (χ1v) is 7.60. The summed E-state index contributed by atoms with van der Waals surface area (Å²) < 4.78 is 27.0. The van der Waals surface area contributed by atoms with Gasteiger partial charge >= 0.3 is 0 Å². The van der Waals surface area contributed by atoms with Crippen LogP contribution < -0.4 is 0 Å². The van der Waals surface area contributed by atoms with Crippen molar-refractivity contribution in [1.82, 2.24) is 4.90 Å². The Morgan fingerprint density at radius 2 is 1.96 bits per heavy atom. The summed E-state index contributed by atoms with van der Waals surface area (Å²) in [5.74, 6) is -2.23. The summed E-state index contributed by atoms with van der Waals surface area (Å²) in [4.78, 5) is 25.9. The monoisotopic (exact) mass is 330 g/mol. The molecule has 1 amide bonds. The Bertz CT molecular complexity index is 815. The molecule has 6 heteroatoms. The molecule has 1 aliphatic heterocycles. The van der Waals surface area contributed by atoms with E-state index in [9.17, 15) is 18.4 Å². The maximum atomic E-state index is 13.8. The van der Waals surface area contributed by atoms with Crippen molar-refractivity contribution in [1.29, 1.82) is 5.26 Å². The van der Waals surface area contributed by atoms with Crippen molar-refractivity contribution < 1.29 is 18.4 Å². The van der Waals surface area contributed by atoms with Crippen LogP contribution in [0.5, 0.6) is 0 Å². The minimum Gasteiger partial charge on any atom is -0.337 e. The van der Waals surface area contributed by atoms with E-state index in [1.54, 1.807) is 19.9 Å². The molecule has 3 rings (SSSR count). The molecule has 0 N–H and O–H groups in total. The van der Waals surface area contributed by atoms with Gasteiger partial charge in [0.2, 0.25) is 0 Å². The lowest BCUT2D eigenvalue weighted by atomic mass is 9.61. The van der Waals surface area contributed by atoms with Crippen LogP contribution in [0.4, 0.5) is 8.78 Å². The third kappa shape index (κ3) is 2.50. The highest BCUT2D eigenvalue weighted by molar-refractivity contribution is 6.04. The number of ketones is 1. The number of hydrogen-bond acceptors (Lipinski definition) is 3. The molecule has 1 aliphatic carbocycles. The average Bonchev–Trinajstić information content (AvgIpc) is 2.49. The smallest absolute Gasteiger partial charge is 0.256 e. The van der Waals surface area contributed by atoms with Crippen molar-refractivity contribution in [3.8, 4) is 6.07 Å². The fourth-order valence-electron chi connectivity index (χ4n) is 3.72. The molecule has 124 valence electrons. The average molecular weight is 330 g/mol. The third-order valence-corrected chi connectivity index (χ3v) is 4.68. The van der Waals surface area contributed by atoms with Gasteiger partial charge in [-0.2, -0.15) is 5.26 Å². The molecule has 1 aromatic rings. The van der Waals surface area contributed by atoms with Crippen LogP contribution >= 0.6 is 0 Å². The van der Waals surface area contributed by atoms with E-state index in [4.69, 9.17) is 5.26 Å². The number of Topliss-reactive ketones (excluding diaryl/α,β-unsaturated/α-hetero) is 1. The summed E-state index contributed by atoms with van der Waals surface area (Å²) in [6.45, 7) is 4.11. The van der Waals surface area contributed by atoms with Gasteiger partial charge in [-0.3, -0.25) is 9.59 Å². The first kappa shape index (κ1) is 16.3. The Labute approximate surface area is 138 Å². The fourth-order valence-corrected chi connectivity index (χ4v) is 3.72. The summed E-state index contributed by atoms with van der Waals surface area (Å²) in [6.07, 6.45) is 2.14. The third-order valence-electron chi connectivity index (χ3n) is 4.68. The summed E-state index contributed by atoms with van der Waals surface area (Å²) in [5.41, 5.74) is -1.34. The number of rotatable bonds is 1. The van der Waals surface area contributed by atoms with Gasteiger partial charge in [-0.15, -0.1) is 0 Å². The molecule has 2 aliphatic rings. The van der Waals surface area contributed by atoms with Crippen molar-refractivity contribution in [2.24, 2.45) is 10.8 Å². The zero-order valence-electron chi connectivity index (χ0n) is 13.4. The molecule has 0 bridgehead atoms. The highest BCUT2D eigenvalue weighted by atomic mass is 19.1. The van der Waals surface area contributed by atoms with Gasteiger partial charge in [-0.05, 0) is 24.6 Å². The van der Waals surface area contributed by atoms with Crippen LogP contribution in [-0.2, 0) is 4.79 Å². The van der Waals surface area contributed by atoms with Gasteiger partial charge in [-0.1, -0.05) is 19.9 Å². The summed E-state index contributed by atoms with van der Waals surface area (Å²) in [5, 5.41) is 9.15. The standard InChI is InChI=1S/C18H16F2N2O2/c1-17(2)8-18(6-11(7-21)15(17)23)9-22(10-18)16(24)13-5-12(19)3-4-14(13)20/h3-6H,8-10H2,1-2H3. The topological polar surface area (TPSA) is 61.2 Å². The molecule has 1 aromatic carbocycles. The summed E-state index contributed by atoms with van der Waals surface area (Å²) in [7, 11) is 0. The van der Waals surface area contributed by atoms with Gasteiger partial charge < -0.3 is 4.90 Å². The van der Waals surface area contributed by atoms with Crippen LogP contribution in [-0.4, -0.2) is 29.7 Å².